The van der Waals surface area contributed by atoms with Gasteiger partial charge in [0.15, 0.2) is 0 Å². The van der Waals surface area contributed by atoms with Crippen molar-refractivity contribution in [2.24, 2.45) is 29.1 Å². The normalized spacial score (nSPS) is 30.3. The van der Waals surface area contributed by atoms with Gasteiger partial charge in [-0.1, -0.05) is 63.4 Å². The van der Waals surface area contributed by atoms with Gasteiger partial charge in [0.1, 0.15) is 5.75 Å². The number of hydrogen-bond acceptors (Lipinski definition) is 5. The molecule has 0 aromatic heterocycles. The zero-order chi connectivity index (χ0) is 29.5. The van der Waals surface area contributed by atoms with Crippen LogP contribution in [-0.4, -0.2) is 28.7 Å². The molecule has 6 atom stereocenters. The average Bonchev–Trinajstić information content (AvgIpc) is 3.34. The van der Waals surface area contributed by atoms with Crippen LogP contribution in [0.15, 0.2) is 88.9 Å². The van der Waals surface area contributed by atoms with Crippen LogP contribution in [-0.2, 0) is 19.2 Å². The first-order chi connectivity index (χ1) is 20.1. The molecule has 3 aromatic rings. The third-order valence-corrected chi connectivity index (χ3v) is 10.5. The van der Waals surface area contributed by atoms with Crippen LogP contribution in [0.3, 0.4) is 0 Å². The molecule has 3 aromatic carbocycles. The number of nitrogens with zero attached hydrogens (tertiary/aromatic N) is 2. The molecule has 212 valence electrons. The Balaban J connectivity index is 1.38. The van der Waals surface area contributed by atoms with Gasteiger partial charge in [-0.05, 0) is 79.8 Å². The molecule has 4 amide bonds. The Bertz CT molecular complexity index is 1710. The van der Waals surface area contributed by atoms with E-state index in [2.05, 4.69) is 15.9 Å². The van der Waals surface area contributed by atoms with Gasteiger partial charge in [-0.3, -0.25) is 24.1 Å². The number of fused-ring (bicyclic) bond motifs is 4. The van der Waals surface area contributed by atoms with Crippen molar-refractivity contribution in [2.75, 3.05) is 9.80 Å². The van der Waals surface area contributed by atoms with E-state index in [0.717, 1.165) is 10.0 Å². The summed E-state index contributed by atoms with van der Waals surface area (Å²) in [5.41, 5.74) is 1.25. The predicted octanol–water partition coefficient (Wildman–Crippen LogP) is 6.24. The number of phenolic OH excluding ortho intramolecular Hbond substituents is 1. The second-order valence-corrected chi connectivity index (χ2v) is 13.0. The van der Waals surface area contributed by atoms with Gasteiger partial charge >= 0.3 is 0 Å². The molecule has 0 unspecified atom stereocenters. The Kier molecular flexibility index (Phi) is 6.22. The van der Waals surface area contributed by atoms with E-state index in [9.17, 15) is 24.3 Å². The molecule has 2 heterocycles. The van der Waals surface area contributed by atoms with Gasteiger partial charge in [0, 0.05) is 15.4 Å². The van der Waals surface area contributed by atoms with E-state index in [0.29, 0.717) is 23.4 Å². The second-order valence-electron chi connectivity index (χ2n) is 11.7. The van der Waals surface area contributed by atoms with Crippen molar-refractivity contribution in [3.05, 3.63) is 99.5 Å². The van der Waals surface area contributed by atoms with Crippen molar-refractivity contribution >= 4 is 62.5 Å². The molecule has 1 N–H and O–H groups in total. The van der Waals surface area contributed by atoms with Crippen LogP contribution in [0.4, 0.5) is 11.4 Å². The van der Waals surface area contributed by atoms with E-state index in [4.69, 9.17) is 11.6 Å². The first-order valence-electron chi connectivity index (χ1n) is 13.9. The fraction of sp³-hybridized carbons (Fsp3) is 0.273. The summed E-state index contributed by atoms with van der Waals surface area (Å²) in [7, 11) is 0. The van der Waals surface area contributed by atoms with Gasteiger partial charge in [-0.15, -0.1) is 0 Å². The second kappa shape index (κ2) is 9.64. The monoisotopic (exact) mass is 644 g/mol. The summed E-state index contributed by atoms with van der Waals surface area (Å²) in [6, 6.07) is 20.5. The number of aromatic hydroxyl groups is 1. The lowest BCUT2D eigenvalue weighted by Gasteiger charge is -2.49. The maximum Gasteiger partial charge on any atom is 0.241 e. The van der Waals surface area contributed by atoms with Crippen molar-refractivity contribution in [1.82, 2.24) is 0 Å². The first kappa shape index (κ1) is 27.1. The molecule has 3 fully saturated rings. The molecule has 2 aliphatic heterocycles. The molecular weight excluding hydrogens is 620 g/mol. The molecule has 9 heteroatoms. The number of amides is 4. The molecule has 2 aliphatic carbocycles. The van der Waals surface area contributed by atoms with E-state index in [1.807, 2.05) is 19.1 Å². The van der Waals surface area contributed by atoms with Crippen LogP contribution in [0.2, 0.25) is 5.02 Å². The summed E-state index contributed by atoms with van der Waals surface area (Å²) in [6.45, 7) is 1.81. The smallest absolute Gasteiger partial charge is 0.241 e. The molecule has 0 bridgehead atoms. The van der Waals surface area contributed by atoms with E-state index < -0.39 is 35.0 Å². The zero-order valence-corrected chi connectivity index (χ0v) is 24.9. The highest BCUT2D eigenvalue weighted by Gasteiger charge is 2.67. The molecule has 7 nitrogen and oxygen atoms in total. The van der Waals surface area contributed by atoms with Crippen molar-refractivity contribution in [3.8, 4) is 5.75 Å². The van der Waals surface area contributed by atoms with Gasteiger partial charge in [0.05, 0.1) is 34.5 Å². The summed E-state index contributed by atoms with van der Waals surface area (Å²) in [6.07, 6.45) is 2.59. The topological polar surface area (TPSA) is 95.0 Å². The van der Waals surface area contributed by atoms with E-state index >= 15 is 0 Å². The number of para-hydroxylation sites is 1. The maximum absolute atomic E-state index is 14.4. The summed E-state index contributed by atoms with van der Waals surface area (Å²) in [5.74, 6) is -4.27. The number of anilines is 2. The third-order valence-electron chi connectivity index (χ3n) is 9.67. The fourth-order valence-corrected chi connectivity index (χ4v) is 8.33. The van der Waals surface area contributed by atoms with Gasteiger partial charge in [-0.2, -0.15) is 0 Å². The van der Waals surface area contributed by atoms with Crippen LogP contribution in [0.1, 0.15) is 31.2 Å². The average molecular weight is 646 g/mol. The number of imide groups is 2. The highest BCUT2D eigenvalue weighted by Crippen LogP contribution is 2.64. The van der Waals surface area contributed by atoms with Gasteiger partial charge < -0.3 is 5.11 Å². The van der Waals surface area contributed by atoms with Crippen molar-refractivity contribution < 1.29 is 24.3 Å². The molecule has 42 heavy (non-hydrogen) atoms. The SMILES string of the molecule is C[C@@]12C(=O)N(c3ccccc3)C(=O)[C@@H]1C[C@@H]1C(=CC[C@@H]3C(=O)N(c4ccc(Br)cc4)C(=O)[C@@H]31)[C@@H]2c1ccc(O)cc1Cl. The molecule has 0 spiro atoms. The third kappa shape index (κ3) is 3.71. The fourth-order valence-electron chi connectivity index (χ4n) is 7.78. The summed E-state index contributed by atoms with van der Waals surface area (Å²) < 4.78 is 0.833. The lowest BCUT2D eigenvalue weighted by Crippen LogP contribution is -2.49. The number of benzene rings is 3. The van der Waals surface area contributed by atoms with E-state index in [1.54, 1.807) is 54.6 Å². The number of hydrogen-bond donors (Lipinski definition) is 1. The minimum atomic E-state index is -1.19. The van der Waals surface area contributed by atoms with Crippen molar-refractivity contribution in [1.29, 1.82) is 0 Å². The lowest BCUT2D eigenvalue weighted by atomic mass is 9.51. The molecule has 7 rings (SSSR count). The molecule has 0 radical (unpaired) electrons. The Morgan fingerprint density at radius 1 is 0.857 bits per heavy atom. The quantitative estimate of drug-likeness (QED) is 0.269. The van der Waals surface area contributed by atoms with Crippen molar-refractivity contribution in [2.45, 2.75) is 25.7 Å². The Labute approximate surface area is 255 Å². The van der Waals surface area contributed by atoms with Crippen molar-refractivity contribution in [3.63, 3.8) is 0 Å². The van der Waals surface area contributed by atoms with Crippen LogP contribution in [0.25, 0.3) is 0 Å². The number of carbonyl (C=O) groups is 4. The zero-order valence-electron chi connectivity index (χ0n) is 22.5. The van der Waals surface area contributed by atoms with Crippen LogP contribution >= 0.6 is 27.5 Å². The molecule has 4 aliphatic rings. The van der Waals surface area contributed by atoms with Gasteiger partial charge in [0.2, 0.25) is 23.6 Å². The van der Waals surface area contributed by atoms with Gasteiger partial charge in [0.25, 0.3) is 0 Å². The summed E-state index contributed by atoms with van der Waals surface area (Å²) in [5, 5.41) is 10.4. The van der Waals surface area contributed by atoms with E-state index in [1.165, 1.54) is 21.9 Å². The minimum Gasteiger partial charge on any atom is -0.508 e. The number of carbonyl (C=O) groups excluding carboxylic acids is 4. The molecular formula is C33H26BrClN2O5. The predicted molar refractivity (Wildman–Crippen MR) is 161 cm³/mol. The summed E-state index contributed by atoms with van der Waals surface area (Å²) >= 11 is 10.1. The minimum absolute atomic E-state index is 0.0167. The van der Waals surface area contributed by atoms with Crippen LogP contribution in [0.5, 0.6) is 5.75 Å². The number of halogens is 2. The number of allylic oxidation sites excluding steroid dienone is 2. The highest BCUT2D eigenvalue weighted by atomic mass is 79.9. The largest absolute Gasteiger partial charge is 0.508 e. The number of rotatable bonds is 3. The summed E-state index contributed by atoms with van der Waals surface area (Å²) in [4.78, 5) is 58.8. The Morgan fingerprint density at radius 2 is 1.55 bits per heavy atom. The lowest BCUT2D eigenvalue weighted by molar-refractivity contribution is -0.131. The Hall–Kier alpha value is -3.75. The van der Waals surface area contributed by atoms with E-state index in [-0.39, 0.29) is 40.8 Å². The van der Waals surface area contributed by atoms with Gasteiger partial charge in [-0.25, -0.2) is 4.90 Å². The standard InChI is InChI=1S/C33H26BrClN2O5/c1-33-25(30(40)37(32(33)42)18-5-3-2-4-6-18)16-24-21(28(33)22-12-11-20(38)15-26(22)35)13-14-23-27(24)31(41)36(29(23)39)19-9-7-17(34)8-10-19/h2-13,15,23-25,27-28,38H,14,16H2,1H3/t23-,24+,25-,27-,28+,33+/m0/s1. The first-order valence-corrected chi connectivity index (χ1v) is 15.0. The van der Waals surface area contributed by atoms with Crippen LogP contribution < -0.4 is 9.80 Å². The maximum atomic E-state index is 14.4. The number of phenols is 1. The Morgan fingerprint density at radius 3 is 2.24 bits per heavy atom. The molecule has 2 saturated heterocycles. The molecule has 1 saturated carbocycles. The van der Waals surface area contributed by atoms with Crippen LogP contribution in [0, 0.1) is 29.1 Å². The highest BCUT2D eigenvalue weighted by molar-refractivity contribution is 9.10.